The van der Waals surface area contributed by atoms with Gasteiger partial charge in [-0.05, 0) is 57.0 Å². The molecule has 0 spiro atoms. The zero-order chi connectivity index (χ0) is 26.5. The Morgan fingerprint density at radius 1 is 0.892 bits per heavy atom. The van der Waals surface area contributed by atoms with Crippen LogP contribution in [-0.4, -0.2) is 29.4 Å². The predicted molar refractivity (Wildman–Crippen MR) is 139 cm³/mol. The van der Waals surface area contributed by atoms with E-state index in [0.717, 1.165) is 15.4 Å². The number of amides is 4. The topological polar surface area (TPSA) is 84.0 Å². The van der Waals surface area contributed by atoms with Crippen LogP contribution >= 0.6 is 0 Å². The maximum absolute atomic E-state index is 14.5. The molecular weight excluding hydrogens is 468 g/mol. The summed E-state index contributed by atoms with van der Waals surface area (Å²) in [4.78, 5) is 57.4. The first kappa shape index (κ1) is 24.4. The minimum atomic E-state index is -1.59. The average molecular weight is 497 g/mol. The van der Waals surface area contributed by atoms with Crippen LogP contribution in [0.25, 0.3) is 0 Å². The quantitative estimate of drug-likeness (QED) is 0.469. The molecule has 0 aromatic heterocycles. The van der Waals surface area contributed by atoms with E-state index in [9.17, 15) is 19.2 Å². The summed E-state index contributed by atoms with van der Waals surface area (Å²) in [7, 11) is 0. The van der Waals surface area contributed by atoms with Crippen LogP contribution in [0.2, 0.25) is 0 Å². The number of ether oxygens (including phenoxy) is 1. The highest BCUT2D eigenvalue weighted by molar-refractivity contribution is 6.28. The molecule has 7 nitrogen and oxygen atoms in total. The molecule has 0 radical (unpaired) electrons. The van der Waals surface area contributed by atoms with Crippen molar-refractivity contribution in [2.75, 3.05) is 9.80 Å². The van der Waals surface area contributed by atoms with Crippen molar-refractivity contribution in [1.29, 1.82) is 0 Å². The van der Waals surface area contributed by atoms with E-state index in [1.807, 2.05) is 19.1 Å². The molecule has 2 aliphatic rings. The van der Waals surface area contributed by atoms with E-state index < -0.39 is 40.7 Å². The molecule has 1 saturated heterocycles. The average Bonchev–Trinajstić information content (AvgIpc) is 3.29. The molecule has 0 bridgehead atoms. The second-order valence-corrected chi connectivity index (χ2v) is 10.5. The van der Waals surface area contributed by atoms with Crippen LogP contribution in [0.5, 0.6) is 0 Å². The fourth-order valence-corrected chi connectivity index (χ4v) is 5.34. The maximum Gasteiger partial charge on any atom is 0.421 e. The van der Waals surface area contributed by atoms with E-state index in [1.54, 1.807) is 87.5 Å². The van der Waals surface area contributed by atoms with Gasteiger partial charge in [0.15, 0.2) is 0 Å². The van der Waals surface area contributed by atoms with E-state index in [2.05, 4.69) is 0 Å². The molecule has 1 fully saturated rings. The number of fused-ring (bicyclic) bond motifs is 1. The molecule has 2 atom stereocenters. The smallest absolute Gasteiger partial charge is 0.421 e. The molecule has 0 aliphatic carbocycles. The number of rotatable bonds is 3. The van der Waals surface area contributed by atoms with Gasteiger partial charge in [-0.3, -0.25) is 19.3 Å². The Kier molecular flexibility index (Phi) is 5.74. The van der Waals surface area contributed by atoms with E-state index >= 15 is 0 Å². The van der Waals surface area contributed by atoms with Crippen molar-refractivity contribution in [3.05, 3.63) is 95.6 Å². The van der Waals surface area contributed by atoms with Crippen LogP contribution in [0.3, 0.4) is 0 Å². The Hall–Kier alpha value is -4.26. The zero-order valence-corrected chi connectivity index (χ0v) is 21.2. The minimum absolute atomic E-state index is 0.177. The number of hydrogen-bond donors (Lipinski definition) is 0. The van der Waals surface area contributed by atoms with Crippen LogP contribution in [0.15, 0.2) is 78.9 Å². The van der Waals surface area contributed by atoms with Gasteiger partial charge in [-0.25, -0.2) is 9.69 Å². The van der Waals surface area contributed by atoms with Crippen molar-refractivity contribution in [1.82, 2.24) is 0 Å². The number of imide groups is 2. The molecule has 7 heteroatoms. The van der Waals surface area contributed by atoms with E-state index in [-0.39, 0.29) is 6.42 Å². The zero-order valence-electron chi connectivity index (χ0n) is 21.2. The Morgan fingerprint density at radius 2 is 1.51 bits per heavy atom. The third kappa shape index (κ3) is 3.82. The van der Waals surface area contributed by atoms with Crippen LogP contribution in [0.1, 0.15) is 43.9 Å². The van der Waals surface area contributed by atoms with Gasteiger partial charge in [0.2, 0.25) is 11.8 Å². The highest BCUT2D eigenvalue weighted by atomic mass is 16.6. The lowest BCUT2D eigenvalue weighted by molar-refractivity contribution is -0.130. The summed E-state index contributed by atoms with van der Waals surface area (Å²) in [5, 5.41) is 0. The summed E-state index contributed by atoms with van der Waals surface area (Å²) in [6.07, 6.45) is -1.00. The van der Waals surface area contributed by atoms with Gasteiger partial charge in [-0.15, -0.1) is 0 Å². The molecule has 0 saturated carbocycles. The molecular formula is C30H28N2O5. The van der Waals surface area contributed by atoms with Crippen LogP contribution in [-0.2, 0) is 24.5 Å². The first-order valence-corrected chi connectivity index (χ1v) is 12.2. The Balaban J connectivity index is 1.73. The molecule has 2 aliphatic heterocycles. The molecule has 5 rings (SSSR count). The molecule has 0 unspecified atom stereocenters. The van der Waals surface area contributed by atoms with Crippen LogP contribution < -0.4 is 9.80 Å². The van der Waals surface area contributed by atoms with Crippen molar-refractivity contribution >= 4 is 35.2 Å². The molecule has 0 N–H and O–H groups in total. The van der Waals surface area contributed by atoms with Gasteiger partial charge in [0.25, 0.3) is 5.91 Å². The Labute approximate surface area is 215 Å². The number of carbonyl (C=O) groups is 4. The number of anilines is 2. The number of aryl methyl sites for hydroxylation is 1. The molecule has 3 aromatic rings. The first-order valence-electron chi connectivity index (χ1n) is 12.2. The van der Waals surface area contributed by atoms with Crippen molar-refractivity contribution in [2.24, 2.45) is 5.92 Å². The highest BCUT2D eigenvalue weighted by Crippen LogP contribution is 2.54. The number of carbonyl (C=O) groups excluding carboxylic acids is 4. The molecule has 37 heavy (non-hydrogen) atoms. The number of nitrogens with zero attached hydrogens (tertiary/aromatic N) is 2. The highest BCUT2D eigenvalue weighted by Gasteiger charge is 2.64. The van der Waals surface area contributed by atoms with Crippen molar-refractivity contribution in [2.45, 2.75) is 45.1 Å². The van der Waals surface area contributed by atoms with Gasteiger partial charge in [-0.1, -0.05) is 66.2 Å². The van der Waals surface area contributed by atoms with Gasteiger partial charge in [0.05, 0.1) is 17.3 Å². The minimum Gasteiger partial charge on any atom is -0.443 e. The van der Waals surface area contributed by atoms with Gasteiger partial charge in [-0.2, -0.15) is 0 Å². The summed E-state index contributed by atoms with van der Waals surface area (Å²) in [6.45, 7) is 7.10. The van der Waals surface area contributed by atoms with Crippen molar-refractivity contribution in [3.63, 3.8) is 0 Å². The monoisotopic (exact) mass is 496 g/mol. The van der Waals surface area contributed by atoms with Crippen LogP contribution in [0, 0.1) is 12.8 Å². The maximum atomic E-state index is 14.5. The summed E-state index contributed by atoms with van der Waals surface area (Å²) in [5.41, 5.74) is 0.379. The fraction of sp³-hybridized carbons (Fsp3) is 0.267. The van der Waals surface area contributed by atoms with E-state index in [0.29, 0.717) is 22.5 Å². The Morgan fingerprint density at radius 3 is 2.16 bits per heavy atom. The summed E-state index contributed by atoms with van der Waals surface area (Å²) < 4.78 is 5.60. The van der Waals surface area contributed by atoms with E-state index in [1.165, 1.54) is 0 Å². The normalized spacial score (nSPS) is 21.4. The molecule has 4 amide bonds. The SMILES string of the molecule is Cc1ccc([C@@]2([C@@H]3CC(=O)N(c4ccccc4)C3=O)C(=O)N(C(=O)OC(C)(C)C)c3ccccc32)cc1. The third-order valence-electron chi connectivity index (χ3n) is 6.88. The van der Waals surface area contributed by atoms with Gasteiger partial charge in [0.1, 0.15) is 11.0 Å². The first-order chi connectivity index (χ1) is 17.6. The van der Waals surface area contributed by atoms with Crippen molar-refractivity contribution < 1.29 is 23.9 Å². The second-order valence-electron chi connectivity index (χ2n) is 10.5. The fourth-order valence-electron chi connectivity index (χ4n) is 5.34. The lowest BCUT2D eigenvalue weighted by Crippen LogP contribution is -2.51. The lowest BCUT2D eigenvalue weighted by atomic mass is 9.65. The molecule has 2 heterocycles. The van der Waals surface area contributed by atoms with Gasteiger partial charge >= 0.3 is 6.09 Å². The van der Waals surface area contributed by atoms with Gasteiger partial charge in [0, 0.05) is 6.42 Å². The number of hydrogen-bond acceptors (Lipinski definition) is 5. The van der Waals surface area contributed by atoms with Crippen molar-refractivity contribution in [3.8, 4) is 0 Å². The lowest BCUT2D eigenvalue weighted by Gasteiger charge is -2.34. The standard InChI is InChI=1S/C30H28N2O5/c1-19-14-16-20(17-15-19)30(23-18-25(33)31(26(23)34)21-10-6-5-7-11-21)22-12-8-9-13-24(22)32(27(30)35)28(36)37-29(2,3)4/h5-17,23H,18H2,1-4H3/t23-,30-/m1/s1. The number of para-hydroxylation sites is 2. The second kappa shape index (κ2) is 8.69. The summed E-state index contributed by atoms with van der Waals surface area (Å²) in [5.74, 6) is -2.53. The Bertz CT molecular complexity index is 1410. The summed E-state index contributed by atoms with van der Waals surface area (Å²) >= 11 is 0. The summed E-state index contributed by atoms with van der Waals surface area (Å²) in [6, 6.07) is 22.9. The molecule has 188 valence electrons. The number of benzene rings is 3. The molecule has 3 aromatic carbocycles. The third-order valence-corrected chi connectivity index (χ3v) is 6.88. The van der Waals surface area contributed by atoms with Gasteiger partial charge < -0.3 is 4.74 Å². The predicted octanol–water partition coefficient (Wildman–Crippen LogP) is 5.14. The van der Waals surface area contributed by atoms with E-state index in [4.69, 9.17) is 4.74 Å². The largest absolute Gasteiger partial charge is 0.443 e. The van der Waals surface area contributed by atoms with Crippen LogP contribution in [0.4, 0.5) is 16.2 Å².